The van der Waals surface area contributed by atoms with Gasteiger partial charge in [-0.25, -0.2) is 0 Å². The van der Waals surface area contributed by atoms with Crippen LogP contribution in [-0.4, -0.2) is 24.9 Å². The fourth-order valence-electron chi connectivity index (χ4n) is 2.25. The molecule has 0 amide bonds. The van der Waals surface area contributed by atoms with E-state index in [0.29, 0.717) is 13.2 Å². The molecule has 0 saturated carbocycles. The lowest BCUT2D eigenvalue weighted by atomic mass is 10.1. The van der Waals surface area contributed by atoms with Crippen LogP contribution in [0.5, 0.6) is 11.5 Å². The van der Waals surface area contributed by atoms with E-state index in [1.54, 1.807) is 0 Å². The molecule has 0 spiro atoms. The standard InChI is InChI=1S/C16H17NO3/c18-11-14(17-13-4-2-1-3-5-13)12-6-7-15-16(10-12)20-9-8-19-15/h1-7,10,14,17-18H,8-9,11H2. The summed E-state index contributed by atoms with van der Waals surface area (Å²) >= 11 is 0. The minimum absolute atomic E-state index is 0.00847. The summed E-state index contributed by atoms with van der Waals surface area (Å²) in [6.45, 7) is 1.15. The number of rotatable bonds is 4. The number of anilines is 1. The first kappa shape index (κ1) is 12.8. The molecule has 0 aliphatic carbocycles. The molecule has 1 aliphatic heterocycles. The van der Waals surface area contributed by atoms with E-state index in [1.807, 2.05) is 48.5 Å². The number of aliphatic hydroxyl groups excluding tert-OH is 1. The van der Waals surface area contributed by atoms with E-state index in [9.17, 15) is 5.11 Å². The average molecular weight is 271 g/mol. The van der Waals surface area contributed by atoms with Crippen LogP contribution in [0.3, 0.4) is 0 Å². The van der Waals surface area contributed by atoms with Crippen molar-refractivity contribution >= 4 is 5.69 Å². The molecule has 3 rings (SSSR count). The highest BCUT2D eigenvalue weighted by molar-refractivity contribution is 5.49. The number of benzene rings is 2. The van der Waals surface area contributed by atoms with Gasteiger partial charge in [-0.05, 0) is 29.8 Å². The fourth-order valence-corrected chi connectivity index (χ4v) is 2.25. The number of ether oxygens (including phenoxy) is 2. The molecular formula is C16H17NO3. The maximum Gasteiger partial charge on any atom is 0.161 e. The van der Waals surface area contributed by atoms with Crippen molar-refractivity contribution in [2.75, 3.05) is 25.1 Å². The lowest BCUT2D eigenvalue weighted by Gasteiger charge is -2.22. The van der Waals surface area contributed by atoms with Crippen molar-refractivity contribution in [3.8, 4) is 11.5 Å². The number of aliphatic hydroxyl groups is 1. The Morgan fingerprint density at radius 3 is 2.50 bits per heavy atom. The molecule has 104 valence electrons. The number of hydrogen-bond acceptors (Lipinski definition) is 4. The monoisotopic (exact) mass is 271 g/mol. The van der Waals surface area contributed by atoms with Crippen molar-refractivity contribution in [1.29, 1.82) is 0 Å². The Balaban J connectivity index is 1.82. The summed E-state index contributed by atoms with van der Waals surface area (Å²) in [6.07, 6.45) is 0. The van der Waals surface area contributed by atoms with Crippen molar-refractivity contribution < 1.29 is 14.6 Å². The molecule has 0 bridgehead atoms. The topological polar surface area (TPSA) is 50.7 Å². The molecule has 2 aromatic rings. The minimum atomic E-state index is -0.173. The molecule has 1 unspecified atom stereocenters. The second-order valence-corrected chi connectivity index (χ2v) is 4.65. The van der Waals surface area contributed by atoms with Gasteiger partial charge in [0.2, 0.25) is 0 Å². The molecule has 20 heavy (non-hydrogen) atoms. The van der Waals surface area contributed by atoms with Gasteiger partial charge in [-0.2, -0.15) is 0 Å². The van der Waals surface area contributed by atoms with Crippen LogP contribution < -0.4 is 14.8 Å². The molecule has 0 aromatic heterocycles. The Morgan fingerprint density at radius 1 is 1.00 bits per heavy atom. The molecule has 2 aromatic carbocycles. The van der Waals surface area contributed by atoms with E-state index in [2.05, 4.69) is 5.32 Å². The first-order valence-corrected chi connectivity index (χ1v) is 6.69. The van der Waals surface area contributed by atoms with Crippen molar-refractivity contribution in [1.82, 2.24) is 0 Å². The largest absolute Gasteiger partial charge is 0.486 e. The molecule has 4 heteroatoms. The highest BCUT2D eigenvalue weighted by atomic mass is 16.6. The predicted molar refractivity (Wildman–Crippen MR) is 77.3 cm³/mol. The smallest absolute Gasteiger partial charge is 0.161 e. The SMILES string of the molecule is OCC(Nc1ccccc1)c1ccc2c(c1)OCCO2. The van der Waals surface area contributed by atoms with Gasteiger partial charge in [0.1, 0.15) is 13.2 Å². The first-order valence-electron chi connectivity index (χ1n) is 6.69. The fraction of sp³-hybridized carbons (Fsp3) is 0.250. The van der Waals surface area contributed by atoms with Gasteiger partial charge in [0.15, 0.2) is 11.5 Å². The van der Waals surface area contributed by atoms with E-state index in [-0.39, 0.29) is 12.6 Å². The van der Waals surface area contributed by atoms with Crippen molar-refractivity contribution in [2.24, 2.45) is 0 Å². The summed E-state index contributed by atoms with van der Waals surface area (Å²) in [6, 6.07) is 15.4. The maximum absolute atomic E-state index is 9.61. The molecule has 2 N–H and O–H groups in total. The summed E-state index contributed by atoms with van der Waals surface area (Å²) in [5.41, 5.74) is 1.95. The second-order valence-electron chi connectivity index (χ2n) is 4.65. The number of para-hydroxylation sites is 1. The quantitative estimate of drug-likeness (QED) is 0.897. The van der Waals surface area contributed by atoms with Crippen molar-refractivity contribution in [3.63, 3.8) is 0 Å². The molecule has 1 aliphatic rings. The van der Waals surface area contributed by atoms with Gasteiger partial charge in [0.05, 0.1) is 12.6 Å². The van der Waals surface area contributed by atoms with E-state index in [4.69, 9.17) is 9.47 Å². The summed E-state index contributed by atoms with van der Waals surface area (Å²) in [5.74, 6) is 1.50. The van der Waals surface area contributed by atoms with Crippen LogP contribution in [0.2, 0.25) is 0 Å². The summed E-state index contributed by atoms with van der Waals surface area (Å²) < 4.78 is 11.1. The van der Waals surface area contributed by atoms with Crippen LogP contribution in [0.1, 0.15) is 11.6 Å². The van der Waals surface area contributed by atoms with Crippen molar-refractivity contribution in [3.05, 3.63) is 54.1 Å². The maximum atomic E-state index is 9.61. The van der Waals surface area contributed by atoms with Crippen LogP contribution >= 0.6 is 0 Å². The number of nitrogens with one attached hydrogen (secondary N) is 1. The molecule has 1 heterocycles. The molecule has 0 fully saturated rings. The van der Waals surface area contributed by atoms with Crippen LogP contribution in [0, 0.1) is 0 Å². The van der Waals surface area contributed by atoms with Crippen LogP contribution in [0.4, 0.5) is 5.69 Å². The third-order valence-corrected chi connectivity index (χ3v) is 3.27. The van der Waals surface area contributed by atoms with Gasteiger partial charge in [-0.3, -0.25) is 0 Å². The third kappa shape index (κ3) is 2.70. The number of hydrogen-bond donors (Lipinski definition) is 2. The van der Waals surface area contributed by atoms with Crippen LogP contribution in [0.25, 0.3) is 0 Å². The van der Waals surface area contributed by atoms with E-state index in [0.717, 1.165) is 22.7 Å². The molecule has 1 atom stereocenters. The zero-order chi connectivity index (χ0) is 13.8. The zero-order valence-corrected chi connectivity index (χ0v) is 11.1. The van der Waals surface area contributed by atoms with Crippen LogP contribution in [0.15, 0.2) is 48.5 Å². The Morgan fingerprint density at radius 2 is 1.75 bits per heavy atom. The Kier molecular flexibility index (Phi) is 3.74. The van der Waals surface area contributed by atoms with Crippen LogP contribution in [-0.2, 0) is 0 Å². The average Bonchev–Trinajstić information content (AvgIpc) is 2.53. The molecular weight excluding hydrogens is 254 g/mol. The van der Waals surface area contributed by atoms with Gasteiger partial charge >= 0.3 is 0 Å². The molecule has 0 radical (unpaired) electrons. The van der Waals surface area contributed by atoms with Gasteiger partial charge in [0.25, 0.3) is 0 Å². The predicted octanol–water partition coefficient (Wildman–Crippen LogP) is 2.60. The number of fused-ring (bicyclic) bond motifs is 1. The summed E-state index contributed by atoms with van der Waals surface area (Å²) in [7, 11) is 0. The Hall–Kier alpha value is -2.20. The Bertz CT molecular complexity index is 571. The lowest BCUT2D eigenvalue weighted by molar-refractivity contribution is 0.171. The summed E-state index contributed by atoms with van der Waals surface area (Å²) in [4.78, 5) is 0. The minimum Gasteiger partial charge on any atom is -0.486 e. The highest BCUT2D eigenvalue weighted by Crippen LogP contribution is 2.33. The normalized spacial score (nSPS) is 14.7. The second kappa shape index (κ2) is 5.84. The third-order valence-electron chi connectivity index (χ3n) is 3.27. The molecule has 4 nitrogen and oxygen atoms in total. The lowest BCUT2D eigenvalue weighted by Crippen LogP contribution is -2.18. The van der Waals surface area contributed by atoms with Gasteiger partial charge in [-0.15, -0.1) is 0 Å². The summed E-state index contributed by atoms with van der Waals surface area (Å²) in [5, 5.41) is 12.9. The van der Waals surface area contributed by atoms with Crippen molar-refractivity contribution in [2.45, 2.75) is 6.04 Å². The Labute approximate surface area is 118 Å². The highest BCUT2D eigenvalue weighted by Gasteiger charge is 2.16. The van der Waals surface area contributed by atoms with E-state index >= 15 is 0 Å². The first-order chi connectivity index (χ1) is 9.86. The zero-order valence-electron chi connectivity index (χ0n) is 11.1. The molecule has 0 saturated heterocycles. The van der Waals surface area contributed by atoms with E-state index in [1.165, 1.54) is 0 Å². The van der Waals surface area contributed by atoms with Gasteiger partial charge in [-0.1, -0.05) is 24.3 Å². The van der Waals surface area contributed by atoms with Gasteiger partial charge < -0.3 is 19.9 Å². The van der Waals surface area contributed by atoms with E-state index < -0.39 is 0 Å². The van der Waals surface area contributed by atoms with Gasteiger partial charge in [0, 0.05) is 5.69 Å².